The first-order valence-corrected chi connectivity index (χ1v) is 6.81. The van der Waals surface area contributed by atoms with Crippen molar-refractivity contribution >= 4 is 28.4 Å². The molecule has 19 heavy (non-hydrogen) atoms. The third-order valence-corrected chi connectivity index (χ3v) is 4.22. The zero-order valence-corrected chi connectivity index (χ0v) is 11.9. The molecule has 1 aliphatic heterocycles. The summed E-state index contributed by atoms with van der Waals surface area (Å²) in [4.78, 5) is 24.8. The standard InChI is InChI=1S/C12H16N2O4S/c1-6-4-5-8(18-6)10(15)14(3)11-9(12(16)17)7(2)13-19-11/h6,8H,4-5H2,1-3H3,(H,16,17). The minimum absolute atomic E-state index is 0.0736. The van der Waals surface area contributed by atoms with Gasteiger partial charge in [-0.25, -0.2) is 4.79 Å². The van der Waals surface area contributed by atoms with Crippen LogP contribution >= 0.6 is 11.5 Å². The maximum absolute atomic E-state index is 12.3. The van der Waals surface area contributed by atoms with E-state index >= 15 is 0 Å². The molecule has 1 amide bonds. The summed E-state index contributed by atoms with van der Waals surface area (Å²) in [5.41, 5.74) is 0.514. The molecule has 0 spiro atoms. The third-order valence-electron chi connectivity index (χ3n) is 3.20. The van der Waals surface area contributed by atoms with Crippen molar-refractivity contribution in [3.8, 4) is 0 Å². The minimum atomic E-state index is -1.07. The summed E-state index contributed by atoms with van der Waals surface area (Å²) in [5, 5.41) is 9.53. The summed E-state index contributed by atoms with van der Waals surface area (Å²) in [6.07, 6.45) is 1.11. The first-order valence-electron chi connectivity index (χ1n) is 6.04. The van der Waals surface area contributed by atoms with Crippen LogP contribution in [-0.2, 0) is 9.53 Å². The van der Waals surface area contributed by atoms with Gasteiger partial charge in [0.25, 0.3) is 5.91 Å². The smallest absolute Gasteiger partial charge is 0.340 e. The number of ether oxygens (including phenoxy) is 1. The highest BCUT2D eigenvalue weighted by Crippen LogP contribution is 2.30. The van der Waals surface area contributed by atoms with E-state index in [2.05, 4.69) is 4.37 Å². The van der Waals surface area contributed by atoms with Crippen molar-refractivity contribution in [2.24, 2.45) is 0 Å². The van der Waals surface area contributed by atoms with Crippen LogP contribution in [0.1, 0.15) is 35.8 Å². The van der Waals surface area contributed by atoms with E-state index in [0.717, 1.165) is 18.0 Å². The quantitative estimate of drug-likeness (QED) is 0.913. The van der Waals surface area contributed by atoms with Crippen molar-refractivity contribution in [3.05, 3.63) is 11.3 Å². The Labute approximate surface area is 115 Å². The number of rotatable bonds is 3. The second-order valence-electron chi connectivity index (χ2n) is 4.66. The normalized spacial score (nSPS) is 22.5. The lowest BCUT2D eigenvalue weighted by Crippen LogP contribution is -2.36. The zero-order chi connectivity index (χ0) is 14.2. The Hall–Kier alpha value is -1.47. The van der Waals surface area contributed by atoms with Crippen molar-refractivity contribution in [1.82, 2.24) is 4.37 Å². The first-order chi connectivity index (χ1) is 8.91. The zero-order valence-electron chi connectivity index (χ0n) is 11.0. The van der Waals surface area contributed by atoms with Crippen LogP contribution in [0.15, 0.2) is 0 Å². The molecule has 1 aliphatic rings. The molecule has 6 nitrogen and oxygen atoms in total. The number of amides is 1. The van der Waals surface area contributed by atoms with Crippen molar-refractivity contribution in [2.45, 2.75) is 38.9 Å². The monoisotopic (exact) mass is 284 g/mol. The van der Waals surface area contributed by atoms with E-state index in [0.29, 0.717) is 17.1 Å². The Bertz CT molecular complexity index is 514. The van der Waals surface area contributed by atoms with Gasteiger partial charge in [0, 0.05) is 7.05 Å². The second kappa shape index (κ2) is 5.26. The predicted octanol–water partition coefficient (Wildman–Crippen LogP) is 1.68. The van der Waals surface area contributed by atoms with Gasteiger partial charge in [-0.3, -0.25) is 4.79 Å². The second-order valence-corrected chi connectivity index (χ2v) is 5.42. The number of aromatic nitrogens is 1. The molecule has 7 heteroatoms. The van der Waals surface area contributed by atoms with E-state index in [9.17, 15) is 14.7 Å². The van der Waals surface area contributed by atoms with Gasteiger partial charge in [0.1, 0.15) is 16.7 Å². The summed E-state index contributed by atoms with van der Waals surface area (Å²) in [6, 6.07) is 0. The number of aryl methyl sites for hydroxylation is 1. The fraction of sp³-hybridized carbons (Fsp3) is 0.583. The molecule has 0 saturated carbocycles. The number of carboxylic acids is 1. The lowest BCUT2D eigenvalue weighted by atomic mass is 10.2. The number of carbonyl (C=O) groups excluding carboxylic acids is 1. The van der Waals surface area contributed by atoms with Crippen LogP contribution in [-0.4, -0.2) is 40.6 Å². The number of aromatic carboxylic acids is 1. The molecule has 104 valence electrons. The predicted molar refractivity (Wildman–Crippen MR) is 70.8 cm³/mol. The van der Waals surface area contributed by atoms with Gasteiger partial charge < -0.3 is 14.7 Å². The summed E-state index contributed by atoms with van der Waals surface area (Å²) < 4.78 is 9.53. The van der Waals surface area contributed by atoms with E-state index in [1.165, 1.54) is 4.90 Å². The summed E-state index contributed by atoms with van der Waals surface area (Å²) in [6.45, 7) is 3.54. The molecule has 2 rings (SSSR count). The van der Waals surface area contributed by atoms with Crippen LogP contribution in [0.4, 0.5) is 5.00 Å². The average Bonchev–Trinajstić information content (AvgIpc) is 2.93. The third kappa shape index (κ3) is 2.62. The number of nitrogens with zero attached hydrogens (tertiary/aromatic N) is 2. The lowest BCUT2D eigenvalue weighted by molar-refractivity contribution is -0.128. The van der Waals surface area contributed by atoms with Gasteiger partial charge in [0.05, 0.1) is 11.8 Å². The number of likely N-dealkylation sites (N-methyl/N-ethyl adjacent to an activating group) is 1. The van der Waals surface area contributed by atoms with E-state index in [-0.39, 0.29) is 17.6 Å². The fourth-order valence-corrected chi connectivity index (χ4v) is 2.99. The fourth-order valence-electron chi connectivity index (χ4n) is 2.13. The number of anilines is 1. The molecule has 0 aliphatic carbocycles. The van der Waals surface area contributed by atoms with Gasteiger partial charge in [-0.05, 0) is 38.2 Å². The Balaban J connectivity index is 2.22. The molecule has 0 radical (unpaired) electrons. The van der Waals surface area contributed by atoms with E-state index in [1.54, 1.807) is 14.0 Å². The van der Waals surface area contributed by atoms with Crippen molar-refractivity contribution in [3.63, 3.8) is 0 Å². The Morgan fingerprint density at radius 1 is 1.47 bits per heavy atom. The van der Waals surface area contributed by atoms with Gasteiger partial charge in [-0.15, -0.1) is 0 Å². The van der Waals surface area contributed by atoms with Gasteiger partial charge >= 0.3 is 5.97 Å². The van der Waals surface area contributed by atoms with E-state index in [1.807, 2.05) is 6.92 Å². The Morgan fingerprint density at radius 2 is 2.16 bits per heavy atom. The molecule has 1 aromatic heterocycles. The maximum Gasteiger partial charge on any atom is 0.340 e. The average molecular weight is 284 g/mol. The highest BCUT2D eigenvalue weighted by molar-refractivity contribution is 7.11. The van der Waals surface area contributed by atoms with Gasteiger partial charge in [0.15, 0.2) is 0 Å². The molecule has 1 aromatic rings. The molecule has 2 heterocycles. The lowest BCUT2D eigenvalue weighted by Gasteiger charge is -2.19. The van der Waals surface area contributed by atoms with Gasteiger partial charge in [0.2, 0.25) is 0 Å². The molecule has 2 atom stereocenters. The number of hydrogen-bond donors (Lipinski definition) is 1. The van der Waals surface area contributed by atoms with Crippen LogP contribution < -0.4 is 4.90 Å². The largest absolute Gasteiger partial charge is 0.478 e. The molecule has 0 aromatic carbocycles. The van der Waals surface area contributed by atoms with E-state index < -0.39 is 12.1 Å². The molecule has 1 N–H and O–H groups in total. The molecule has 1 fully saturated rings. The highest BCUT2D eigenvalue weighted by Gasteiger charge is 2.33. The Morgan fingerprint density at radius 3 is 2.68 bits per heavy atom. The first kappa shape index (κ1) is 14.0. The molecular formula is C12H16N2O4S. The summed E-state index contributed by atoms with van der Waals surface area (Å²) in [7, 11) is 1.56. The van der Waals surface area contributed by atoms with Crippen molar-refractivity contribution in [2.75, 3.05) is 11.9 Å². The topological polar surface area (TPSA) is 79.7 Å². The number of carboxylic acid groups (broad SMARTS) is 1. The van der Waals surface area contributed by atoms with Crippen LogP contribution in [0.25, 0.3) is 0 Å². The Kier molecular flexibility index (Phi) is 3.86. The molecule has 1 saturated heterocycles. The minimum Gasteiger partial charge on any atom is -0.478 e. The summed E-state index contributed by atoms with van der Waals surface area (Å²) in [5.74, 6) is -1.28. The maximum atomic E-state index is 12.3. The van der Waals surface area contributed by atoms with Crippen LogP contribution in [0.2, 0.25) is 0 Å². The number of hydrogen-bond acceptors (Lipinski definition) is 5. The van der Waals surface area contributed by atoms with Gasteiger partial charge in [-0.2, -0.15) is 4.37 Å². The number of carbonyl (C=O) groups is 2. The SMILES string of the molecule is Cc1nsc(N(C)C(=O)C2CCC(C)O2)c1C(=O)O. The van der Waals surface area contributed by atoms with E-state index in [4.69, 9.17) is 4.74 Å². The molecular weight excluding hydrogens is 268 g/mol. The van der Waals surface area contributed by atoms with Crippen LogP contribution in [0.3, 0.4) is 0 Å². The van der Waals surface area contributed by atoms with Crippen LogP contribution in [0.5, 0.6) is 0 Å². The van der Waals surface area contributed by atoms with Crippen molar-refractivity contribution in [1.29, 1.82) is 0 Å². The van der Waals surface area contributed by atoms with Crippen LogP contribution in [0, 0.1) is 6.92 Å². The highest BCUT2D eigenvalue weighted by atomic mass is 32.1. The van der Waals surface area contributed by atoms with Gasteiger partial charge in [-0.1, -0.05) is 0 Å². The molecule has 2 unspecified atom stereocenters. The van der Waals surface area contributed by atoms with Crippen molar-refractivity contribution < 1.29 is 19.4 Å². The molecule has 0 bridgehead atoms. The summed E-state index contributed by atoms with van der Waals surface area (Å²) >= 11 is 1.02.